The molecule has 0 amide bonds. The van der Waals surface area contributed by atoms with Gasteiger partial charge < -0.3 is 5.32 Å². The normalized spacial score (nSPS) is 27.6. The van der Waals surface area contributed by atoms with Crippen LogP contribution in [-0.4, -0.2) is 12.6 Å². The van der Waals surface area contributed by atoms with Crippen molar-refractivity contribution in [1.29, 1.82) is 0 Å². The van der Waals surface area contributed by atoms with Crippen LogP contribution in [0.2, 0.25) is 0 Å². The Morgan fingerprint density at radius 2 is 1.93 bits per heavy atom. The lowest BCUT2D eigenvalue weighted by Crippen LogP contribution is -2.40. The molecule has 1 nitrogen and oxygen atoms in total. The molecule has 1 N–H and O–H groups in total. The fourth-order valence-electron chi connectivity index (χ4n) is 2.32. The monoisotopic (exact) mass is 197 g/mol. The minimum Gasteiger partial charge on any atom is -0.313 e. The second-order valence-electron chi connectivity index (χ2n) is 6.90. The van der Waals surface area contributed by atoms with E-state index in [1.807, 2.05) is 0 Å². The number of nitrogens with one attached hydrogen (secondary N) is 1. The number of rotatable bonds is 2. The predicted molar refractivity (Wildman–Crippen MR) is 63.5 cm³/mol. The first-order valence-electron chi connectivity index (χ1n) is 6.02. The maximum absolute atomic E-state index is 3.72. The van der Waals surface area contributed by atoms with E-state index in [9.17, 15) is 0 Å². The first-order chi connectivity index (χ1) is 6.29. The molecule has 84 valence electrons. The summed E-state index contributed by atoms with van der Waals surface area (Å²) in [4.78, 5) is 0. The molecule has 0 spiro atoms. The second-order valence-corrected chi connectivity index (χ2v) is 6.90. The Hall–Kier alpha value is -0.0400. The van der Waals surface area contributed by atoms with Crippen LogP contribution in [0.5, 0.6) is 0 Å². The quantitative estimate of drug-likeness (QED) is 0.713. The summed E-state index contributed by atoms with van der Waals surface area (Å²) >= 11 is 0. The Morgan fingerprint density at radius 1 is 1.29 bits per heavy atom. The first-order valence-corrected chi connectivity index (χ1v) is 6.02. The SMILES string of the molecule is CC(C)(C)CNC1CCCC(C)(C)C1. The van der Waals surface area contributed by atoms with Crippen LogP contribution in [0.3, 0.4) is 0 Å². The molecule has 1 aliphatic carbocycles. The van der Waals surface area contributed by atoms with E-state index in [1.165, 1.54) is 25.7 Å². The van der Waals surface area contributed by atoms with Crippen molar-refractivity contribution in [2.75, 3.05) is 6.54 Å². The predicted octanol–water partition coefficient (Wildman–Crippen LogP) is 3.59. The van der Waals surface area contributed by atoms with Crippen LogP contribution < -0.4 is 5.32 Å². The average molecular weight is 197 g/mol. The molecule has 0 aliphatic heterocycles. The molecule has 1 rings (SSSR count). The number of hydrogen-bond donors (Lipinski definition) is 1. The maximum atomic E-state index is 3.72. The van der Waals surface area contributed by atoms with Crippen molar-refractivity contribution in [3.8, 4) is 0 Å². The summed E-state index contributed by atoms with van der Waals surface area (Å²) in [5.74, 6) is 0. The third kappa shape index (κ3) is 4.45. The molecule has 1 fully saturated rings. The Labute approximate surface area is 89.7 Å². The highest BCUT2D eigenvalue weighted by Crippen LogP contribution is 2.35. The van der Waals surface area contributed by atoms with Crippen molar-refractivity contribution >= 4 is 0 Å². The summed E-state index contributed by atoms with van der Waals surface area (Å²) in [5.41, 5.74) is 0.982. The lowest BCUT2D eigenvalue weighted by atomic mass is 9.75. The molecule has 0 aromatic rings. The minimum absolute atomic E-state index is 0.418. The van der Waals surface area contributed by atoms with Crippen LogP contribution in [-0.2, 0) is 0 Å². The van der Waals surface area contributed by atoms with Gasteiger partial charge in [0.1, 0.15) is 0 Å². The molecule has 0 aromatic carbocycles. The molecular weight excluding hydrogens is 170 g/mol. The maximum Gasteiger partial charge on any atom is 0.00723 e. The van der Waals surface area contributed by atoms with E-state index in [-0.39, 0.29) is 0 Å². The zero-order valence-electron chi connectivity index (χ0n) is 10.6. The molecule has 0 heterocycles. The Morgan fingerprint density at radius 3 is 2.43 bits per heavy atom. The summed E-state index contributed by atoms with van der Waals surface area (Å²) in [6.07, 6.45) is 5.53. The summed E-state index contributed by atoms with van der Waals surface area (Å²) in [7, 11) is 0. The van der Waals surface area contributed by atoms with Crippen molar-refractivity contribution in [3.63, 3.8) is 0 Å². The molecule has 1 heteroatoms. The topological polar surface area (TPSA) is 12.0 Å². The van der Waals surface area contributed by atoms with E-state index < -0.39 is 0 Å². The van der Waals surface area contributed by atoms with Gasteiger partial charge in [-0.25, -0.2) is 0 Å². The van der Waals surface area contributed by atoms with Crippen molar-refractivity contribution in [2.45, 2.75) is 66.3 Å². The summed E-state index contributed by atoms with van der Waals surface area (Å²) < 4.78 is 0. The van der Waals surface area contributed by atoms with Gasteiger partial charge in [0, 0.05) is 12.6 Å². The molecule has 1 unspecified atom stereocenters. The lowest BCUT2D eigenvalue weighted by Gasteiger charge is -2.37. The van der Waals surface area contributed by atoms with Gasteiger partial charge in [0.05, 0.1) is 0 Å². The van der Waals surface area contributed by atoms with Crippen molar-refractivity contribution < 1.29 is 0 Å². The van der Waals surface area contributed by atoms with E-state index in [0.29, 0.717) is 10.8 Å². The molecule has 1 atom stereocenters. The second kappa shape index (κ2) is 4.22. The van der Waals surface area contributed by atoms with Gasteiger partial charge in [-0.15, -0.1) is 0 Å². The molecule has 0 saturated heterocycles. The standard InChI is InChI=1S/C13H27N/c1-12(2,3)10-14-11-7-6-8-13(4,5)9-11/h11,14H,6-10H2,1-5H3. The van der Waals surface area contributed by atoms with E-state index >= 15 is 0 Å². The lowest BCUT2D eigenvalue weighted by molar-refractivity contribution is 0.188. The number of hydrogen-bond acceptors (Lipinski definition) is 1. The van der Waals surface area contributed by atoms with Crippen molar-refractivity contribution in [1.82, 2.24) is 5.32 Å². The molecule has 0 aromatic heterocycles. The van der Waals surface area contributed by atoms with E-state index in [4.69, 9.17) is 0 Å². The summed E-state index contributed by atoms with van der Waals surface area (Å²) in [6, 6.07) is 0.762. The highest BCUT2D eigenvalue weighted by molar-refractivity contribution is 4.84. The zero-order valence-corrected chi connectivity index (χ0v) is 10.6. The smallest absolute Gasteiger partial charge is 0.00723 e. The Kier molecular flexibility index (Phi) is 3.63. The molecular formula is C13H27N. The largest absolute Gasteiger partial charge is 0.313 e. The van der Waals surface area contributed by atoms with Gasteiger partial charge >= 0.3 is 0 Å². The van der Waals surface area contributed by atoms with Gasteiger partial charge in [-0.1, -0.05) is 41.0 Å². The van der Waals surface area contributed by atoms with Crippen LogP contribution in [0.1, 0.15) is 60.3 Å². The minimum atomic E-state index is 0.418. The van der Waals surface area contributed by atoms with Gasteiger partial charge in [0.25, 0.3) is 0 Å². The fourth-order valence-corrected chi connectivity index (χ4v) is 2.32. The molecule has 1 saturated carbocycles. The fraction of sp³-hybridized carbons (Fsp3) is 1.00. The van der Waals surface area contributed by atoms with Crippen LogP contribution >= 0.6 is 0 Å². The van der Waals surface area contributed by atoms with Gasteiger partial charge in [-0.2, -0.15) is 0 Å². The van der Waals surface area contributed by atoms with Crippen LogP contribution in [0.4, 0.5) is 0 Å². The van der Waals surface area contributed by atoms with E-state index in [2.05, 4.69) is 39.9 Å². The third-order valence-electron chi connectivity index (χ3n) is 3.13. The van der Waals surface area contributed by atoms with Gasteiger partial charge in [0.2, 0.25) is 0 Å². The van der Waals surface area contributed by atoms with Gasteiger partial charge in [-0.3, -0.25) is 0 Å². The van der Waals surface area contributed by atoms with Crippen LogP contribution in [0.25, 0.3) is 0 Å². The third-order valence-corrected chi connectivity index (χ3v) is 3.13. The van der Waals surface area contributed by atoms with Crippen molar-refractivity contribution in [2.24, 2.45) is 10.8 Å². The highest BCUT2D eigenvalue weighted by atomic mass is 14.9. The Balaban J connectivity index is 2.32. The average Bonchev–Trinajstić information content (AvgIpc) is 1.98. The molecule has 1 aliphatic rings. The molecule has 0 radical (unpaired) electrons. The summed E-state index contributed by atoms with van der Waals surface area (Å²) in [6.45, 7) is 12.8. The zero-order chi connectivity index (χ0) is 10.8. The van der Waals surface area contributed by atoms with Crippen LogP contribution in [0.15, 0.2) is 0 Å². The van der Waals surface area contributed by atoms with E-state index in [1.54, 1.807) is 0 Å². The van der Waals surface area contributed by atoms with E-state index in [0.717, 1.165) is 12.6 Å². The Bertz CT molecular complexity index is 176. The molecule has 0 bridgehead atoms. The van der Waals surface area contributed by atoms with Gasteiger partial charge in [0.15, 0.2) is 0 Å². The molecule has 14 heavy (non-hydrogen) atoms. The van der Waals surface area contributed by atoms with Crippen LogP contribution in [0, 0.1) is 10.8 Å². The van der Waals surface area contributed by atoms with Gasteiger partial charge in [-0.05, 0) is 30.1 Å². The summed E-state index contributed by atoms with van der Waals surface area (Å²) in [5, 5.41) is 3.72. The van der Waals surface area contributed by atoms with Crippen molar-refractivity contribution in [3.05, 3.63) is 0 Å². The first kappa shape index (κ1) is 12.0. The highest BCUT2D eigenvalue weighted by Gasteiger charge is 2.28.